The van der Waals surface area contributed by atoms with E-state index in [9.17, 15) is 4.79 Å². The number of rotatable bonds is 3. The van der Waals surface area contributed by atoms with E-state index < -0.39 is 0 Å². The summed E-state index contributed by atoms with van der Waals surface area (Å²) in [6, 6.07) is 13.5. The van der Waals surface area contributed by atoms with Crippen LogP contribution in [0, 0.1) is 0 Å². The topological polar surface area (TPSA) is 55.1 Å². The number of hydrogen-bond acceptors (Lipinski definition) is 3. The molecule has 2 aromatic carbocycles. The van der Waals surface area contributed by atoms with Crippen LogP contribution in [-0.4, -0.2) is 5.91 Å². The van der Waals surface area contributed by atoms with Gasteiger partial charge in [0.25, 0.3) is 5.91 Å². The first-order valence-electron chi connectivity index (χ1n) is 6.43. The van der Waals surface area contributed by atoms with E-state index in [0.29, 0.717) is 17.8 Å². The number of hydrogen-bond donors (Lipinski definition) is 2. The molecule has 0 fully saturated rings. The third-order valence-corrected chi connectivity index (χ3v) is 5.19. The molecule has 21 heavy (non-hydrogen) atoms. The number of nitrogen functional groups attached to an aromatic ring is 1. The molecule has 1 amide bonds. The van der Waals surface area contributed by atoms with Crippen LogP contribution < -0.4 is 11.1 Å². The zero-order valence-corrected chi connectivity index (χ0v) is 13.5. The van der Waals surface area contributed by atoms with Gasteiger partial charge in [-0.25, -0.2) is 0 Å². The van der Waals surface area contributed by atoms with Gasteiger partial charge in [-0.05, 0) is 50.3 Å². The molecule has 0 aliphatic carbocycles. The maximum atomic E-state index is 12.3. The molecule has 1 heterocycles. The molecular formula is C16H13BrN2OS. The maximum Gasteiger partial charge on any atom is 0.253 e. The fourth-order valence-corrected chi connectivity index (χ4v) is 3.59. The van der Waals surface area contributed by atoms with Crippen LogP contribution in [-0.2, 0) is 6.54 Å². The van der Waals surface area contributed by atoms with E-state index in [-0.39, 0.29) is 5.91 Å². The average Bonchev–Trinajstić information content (AvgIpc) is 2.89. The number of thiophene rings is 1. The molecule has 0 saturated heterocycles. The number of halogens is 1. The largest absolute Gasteiger partial charge is 0.398 e. The number of fused-ring (bicyclic) bond motifs is 1. The lowest BCUT2D eigenvalue weighted by Crippen LogP contribution is -2.23. The van der Waals surface area contributed by atoms with Gasteiger partial charge in [-0.3, -0.25) is 4.79 Å². The van der Waals surface area contributed by atoms with E-state index in [1.807, 2.05) is 47.8 Å². The molecule has 3 nitrogen and oxygen atoms in total. The zero-order chi connectivity index (χ0) is 14.8. The van der Waals surface area contributed by atoms with E-state index in [1.54, 1.807) is 11.3 Å². The monoisotopic (exact) mass is 360 g/mol. The Bertz CT molecular complexity index is 813. The summed E-state index contributed by atoms with van der Waals surface area (Å²) in [5, 5.41) is 6.93. The number of anilines is 1. The van der Waals surface area contributed by atoms with Crippen molar-refractivity contribution in [3.8, 4) is 0 Å². The molecule has 1 aromatic heterocycles. The fourth-order valence-electron chi connectivity index (χ4n) is 2.16. The van der Waals surface area contributed by atoms with Crippen LogP contribution in [0.25, 0.3) is 10.8 Å². The molecular weight excluding hydrogens is 348 g/mol. The van der Waals surface area contributed by atoms with Crippen LogP contribution in [0.3, 0.4) is 0 Å². The first-order chi connectivity index (χ1) is 10.1. The van der Waals surface area contributed by atoms with Gasteiger partial charge < -0.3 is 11.1 Å². The van der Waals surface area contributed by atoms with Gasteiger partial charge in [-0.2, -0.15) is 0 Å². The van der Waals surface area contributed by atoms with E-state index in [2.05, 4.69) is 21.2 Å². The maximum absolute atomic E-state index is 12.3. The van der Waals surface area contributed by atoms with E-state index in [4.69, 9.17) is 5.73 Å². The fraction of sp³-hybridized carbons (Fsp3) is 0.0625. The van der Waals surface area contributed by atoms with Gasteiger partial charge in [0, 0.05) is 15.0 Å². The first-order valence-corrected chi connectivity index (χ1v) is 8.11. The molecule has 0 bridgehead atoms. The van der Waals surface area contributed by atoms with Crippen molar-refractivity contribution in [1.29, 1.82) is 0 Å². The molecule has 5 heteroatoms. The number of benzene rings is 2. The minimum absolute atomic E-state index is 0.154. The van der Waals surface area contributed by atoms with Crippen LogP contribution >= 0.6 is 27.3 Å². The second kappa shape index (κ2) is 5.87. The number of nitrogens with one attached hydrogen (secondary N) is 1. The molecule has 3 N–H and O–H groups in total. The predicted octanol–water partition coefficient (Wildman–Crippen LogP) is 4.18. The van der Waals surface area contributed by atoms with Gasteiger partial charge in [-0.15, -0.1) is 11.3 Å². The Hall–Kier alpha value is -1.85. The minimum atomic E-state index is -0.154. The highest BCUT2D eigenvalue weighted by atomic mass is 79.9. The average molecular weight is 361 g/mol. The summed E-state index contributed by atoms with van der Waals surface area (Å²) in [5.74, 6) is -0.154. The smallest absolute Gasteiger partial charge is 0.253 e. The van der Waals surface area contributed by atoms with E-state index in [1.165, 1.54) is 0 Å². The summed E-state index contributed by atoms with van der Waals surface area (Å²) in [7, 11) is 0. The standard InChI is InChI=1S/C16H13BrN2OS/c17-13-5-6-21-15(13)9-19-16(20)12-7-10-3-1-2-4-11(10)8-14(12)18/h1-8H,9,18H2,(H,19,20). The van der Waals surface area contributed by atoms with Gasteiger partial charge in [0.1, 0.15) is 0 Å². The lowest BCUT2D eigenvalue weighted by atomic mass is 10.0. The second-order valence-corrected chi connectivity index (χ2v) is 6.52. The Morgan fingerprint density at radius 2 is 1.90 bits per heavy atom. The van der Waals surface area contributed by atoms with Crippen molar-refractivity contribution in [2.24, 2.45) is 0 Å². The van der Waals surface area contributed by atoms with Gasteiger partial charge in [-0.1, -0.05) is 24.3 Å². The van der Waals surface area contributed by atoms with Gasteiger partial charge in [0.15, 0.2) is 0 Å². The van der Waals surface area contributed by atoms with Gasteiger partial charge in [0.2, 0.25) is 0 Å². The van der Waals surface area contributed by atoms with Crippen molar-refractivity contribution in [3.05, 3.63) is 62.8 Å². The van der Waals surface area contributed by atoms with Crippen molar-refractivity contribution < 1.29 is 4.79 Å². The SMILES string of the molecule is Nc1cc2ccccc2cc1C(=O)NCc1sccc1Br. The van der Waals surface area contributed by atoms with Crippen molar-refractivity contribution >= 4 is 49.6 Å². The van der Waals surface area contributed by atoms with Crippen LogP contribution in [0.4, 0.5) is 5.69 Å². The highest BCUT2D eigenvalue weighted by Gasteiger charge is 2.11. The molecule has 0 radical (unpaired) electrons. The molecule has 0 unspecified atom stereocenters. The summed E-state index contributed by atoms with van der Waals surface area (Å²) in [6.45, 7) is 0.489. The number of amides is 1. The van der Waals surface area contributed by atoms with Crippen molar-refractivity contribution in [2.75, 3.05) is 5.73 Å². The van der Waals surface area contributed by atoms with Gasteiger partial charge in [0.05, 0.1) is 12.1 Å². The molecule has 0 atom stereocenters. The van der Waals surface area contributed by atoms with Crippen molar-refractivity contribution in [2.45, 2.75) is 6.54 Å². The number of carbonyl (C=O) groups excluding carboxylic acids is 1. The number of nitrogens with two attached hydrogens (primary N) is 1. The Morgan fingerprint density at radius 1 is 1.19 bits per heavy atom. The van der Waals surface area contributed by atoms with Crippen LogP contribution in [0.5, 0.6) is 0 Å². The third-order valence-electron chi connectivity index (χ3n) is 3.26. The highest BCUT2D eigenvalue weighted by molar-refractivity contribution is 9.10. The summed E-state index contributed by atoms with van der Waals surface area (Å²) in [4.78, 5) is 13.4. The molecule has 3 rings (SSSR count). The second-order valence-electron chi connectivity index (χ2n) is 4.66. The molecule has 0 spiro atoms. The predicted molar refractivity (Wildman–Crippen MR) is 91.5 cm³/mol. The quantitative estimate of drug-likeness (QED) is 0.688. The van der Waals surface area contributed by atoms with Crippen LogP contribution in [0.2, 0.25) is 0 Å². The first kappa shape index (κ1) is 14.1. The lowest BCUT2D eigenvalue weighted by Gasteiger charge is -2.09. The van der Waals surface area contributed by atoms with Crippen molar-refractivity contribution in [3.63, 3.8) is 0 Å². The normalized spacial score (nSPS) is 10.7. The van der Waals surface area contributed by atoms with E-state index >= 15 is 0 Å². The summed E-state index contributed by atoms with van der Waals surface area (Å²) < 4.78 is 1.01. The highest BCUT2D eigenvalue weighted by Crippen LogP contribution is 2.24. The molecule has 0 aliphatic rings. The molecule has 3 aromatic rings. The lowest BCUT2D eigenvalue weighted by molar-refractivity contribution is 0.0952. The summed E-state index contributed by atoms with van der Waals surface area (Å²) in [5.41, 5.74) is 7.01. The summed E-state index contributed by atoms with van der Waals surface area (Å²) in [6.07, 6.45) is 0. The molecule has 0 aliphatic heterocycles. The Kier molecular flexibility index (Phi) is 3.94. The molecule has 0 saturated carbocycles. The Labute approximate surface area is 134 Å². The van der Waals surface area contributed by atoms with Crippen LogP contribution in [0.15, 0.2) is 52.3 Å². The molecule has 106 valence electrons. The Balaban J connectivity index is 1.84. The van der Waals surface area contributed by atoms with Crippen LogP contribution in [0.1, 0.15) is 15.2 Å². The minimum Gasteiger partial charge on any atom is -0.398 e. The zero-order valence-electron chi connectivity index (χ0n) is 11.1. The Morgan fingerprint density at radius 3 is 2.57 bits per heavy atom. The van der Waals surface area contributed by atoms with Crippen molar-refractivity contribution in [1.82, 2.24) is 5.32 Å². The summed E-state index contributed by atoms with van der Waals surface area (Å²) >= 11 is 5.05. The van der Waals surface area contributed by atoms with E-state index in [0.717, 1.165) is 20.1 Å². The third kappa shape index (κ3) is 2.94. The number of carbonyl (C=O) groups is 1. The van der Waals surface area contributed by atoms with Gasteiger partial charge >= 0.3 is 0 Å².